The molecule has 0 spiro atoms. The summed E-state index contributed by atoms with van der Waals surface area (Å²) in [5.41, 5.74) is 0.704. The van der Waals surface area contributed by atoms with Gasteiger partial charge < -0.3 is 5.32 Å². The highest BCUT2D eigenvalue weighted by molar-refractivity contribution is 9.12. The van der Waals surface area contributed by atoms with Gasteiger partial charge in [-0.25, -0.2) is 0 Å². The number of hydrogen-bond donors (Lipinski definition) is 1. The second-order valence-electron chi connectivity index (χ2n) is 4.39. The predicted octanol–water partition coefficient (Wildman–Crippen LogP) is 3.60. The minimum absolute atomic E-state index is 0.00301. The van der Waals surface area contributed by atoms with E-state index in [2.05, 4.69) is 51.0 Å². The largest absolute Gasteiger partial charge is 0.352 e. The van der Waals surface area contributed by atoms with E-state index in [0.29, 0.717) is 18.0 Å². The van der Waals surface area contributed by atoms with E-state index in [1.54, 1.807) is 0 Å². The Bertz CT molecular complexity index is 365. The molecule has 4 heteroatoms. The first kappa shape index (κ1) is 14.7. The van der Waals surface area contributed by atoms with E-state index in [1.807, 2.05) is 30.3 Å². The highest BCUT2D eigenvalue weighted by Crippen LogP contribution is 2.28. The molecular weight excluding hydrogens is 346 g/mol. The summed E-state index contributed by atoms with van der Waals surface area (Å²) in [5.74, 6) is 0.324. The number of nitrogens with one attached hydrogen (secondary N) is 1. The van der Waals surface area contributed by atoms with Crippen LogP contribution in [0.3, 0.4) is 0 Å². The third-order valence-electron chi connectivity index (χ3n) is 2.89. The van der Waals surface area contributed by atoms with Crippen LogP contribution in [0.15, 0.2) is 30.3 Å². The Morgan fingerprint density at radius 3 is 2.53 bits per heavy atom. The molecule has 0 aromatic heterocycles. The minimum atomic E-state index is -0.0182. The van der Waals surface area contributed by atoms with Crippen molar-refractivity contribution in [3.8, 4) is 0 Å². The van der Waals surface area contributed by atoms with E-state index >= 15 is 0 Å². The number of alkyl halides is 2. The van der Waals surface area contributed by atoms with Crippen molar-refractivity contribution in [1.29, 1.82) is 0 Å². The van der Waals surface area contributed by atoms with Crippen molar-refractivity contribution in [2.45, 2.75) is 18.2 Å². The van der Waals surface area contributed by atoms with Gasteiger partial charge in [-0.1, -0.05) is 57.0 Å². The van der Waals surface area contributed by atoms with Gasteiger partial charge in [0.2, 0.25) is 0 Å². The molecule has 0 radical (unpaired) electrons. The molecule has 0 aliphatic heterocycles. The van der Waals surface area contributed by atoms with E-state index in [0.717, 1.165) is 5.33 Å². The normalized spacial score (nSPS) is 16.0. The zero-order valence-electron chi connectivity index (χ0n) is 10.0. The summed E-state index contributed by atoms with van der Waals surface area (Å²) in [6, 6.07) is 9.27. The fourth-order valence-electron chi connectivity index (χ4n) is 1.28. The standard InChI is InChI=1S/C13H17Br2NO/c1-10(13(2,15)9-14)8-16-12(17)11-6-4-3-5-7-11/h3-7,10H,8-9H2,1-2H3,(H,16,17)/t10-,13-/m1/s1. The van der Waals surface area contributed by atoms with Gasteiger partial charge in [-0.15, -0.1) is 0 Å². The Labute approximate surface area is 119 Å². The lowest BCUT2D eigenvalue weighted by molar-refractivity contribution is 0.0946. The molecule has 1 amide bonds. The Morgan fingerprint density at radius 1 is 1.41 bits per heavy atom. The first-order chi connectivity index (χ1) is 7.97. The van der Waals surface area contributed by atoms with Crippen molar-refractivity contribution in [2.24, 2.45) is 5.92 Å². The number of carbonyl (C=O) groups is 1. The lowest BCUT2D eigenvalue weighted by Gasteiger charge is -2.27. The van der Waals surface area contributed by atoms with Crippen LogP contribution in [0.5, 0.6) is 0 Å². The van der Waals surface area contributed by atoms with Crippen molar-refractivity contribution >= 4 is 37.8 Å². The van der Waals surface area contributed by atoms with Gasteiger partial charge in [-0.05, 0) is 25.0 Å². The molecule has 94 valence electrons. The Hall–Kier alpha value is -0.350. The average molecular weight is 363 g/mol. The number of carbonyl (C=O) groups excluding carboxylic acids is 1. The second-order valence-corrected chi connectivity index (χ2v) is 6.76. The first-order valence-electron chi connectivity index (χ1n) is 5.55. The van der Waals surface area contributed by atoms with Crippen LogP contribution in [0.1, 0.15) is 24.2 Å². The molecule has 0 saturated carbocycles. The van der Waals surface area contributed by atoms with E-state index in [-0.39, 0.29) is 10.2 Å². The summed E-state index contributed by atoms with van der Waals surface area (Å²) in [6.07, 6.45) is 0. The Morgan fingerprint density at radius 2 is 2.00 bits per heavy atom. The van der Waals surface area contributed by atoms with Gasteiger partial charge in [0.25, 0.3) is 5.91 Å². The number of rotatable bonds is 5. The van der Waals surface area contributed by atoms with Crippen molar-refractivity contribution in [1.82, 2.24) is 5.32 Å². The minimum Gasteiger partial charge on any atom is -0.352 e. The molecule has 2 atom stereocenters. The van der Waals surface area contributed by atoms with Crippen LogP contribution in [0, 0.1) is 5.92 Å². The maximum atomic E-state index is 11.8. The number of hydrogen-bond acceptors (Lipinski definition) is 1. The van der Waals surface area contributed by atoms with Crippen molar-refractivity contribution in [3.63, 3.8) is 0 Å². The summed E-state index contributed by atoms with van der Waals surface area (Å²) < 4.78 is -0.00301. The molecule has 0 heterocycles. The van der Waals surface area contributed by atoms with Gasteiger partial charge in [0, 0.05) is 21.8 Å². The van der Waals surface area contributed by atoms with E-state index in [1.165, 1.54) is 0 Å². The summed E-state index contributed by atoms with van der Waals surface area (Å²) >= 11 is 7.12. The number of halogens is 2. The fraction of sp³-hybridized carbons (Fsp3) is 0.462. The fourth-order valence-corrected chi connectivity index (χ4v) is 2.00. The highest BCUT2D eigenvalue weighted by atomic mass is 79.9. The van der Waals surface area contributed by atoms with Gasteiger partial charge >= 0.3 is 0 Å². The van der Waals surface area contributed by atoms with Gasteiger partial charge in [0.1, 0.15) is 0 Å². The topological polar surface area (TPSA) is 29.1 Å². The van der Waals surface area contributed by atoms with Crippen LogP contribution in [-0.2, 0) is 0 Å². The molecule has 1 rings (SSSR count). The third kappa shape index (κ3) is 4.43. The molecule has 1 aromatic carbocycles. The van der Waals surface area contributed by atoms with E-state index < -0.39 is 0 Å². The monoisotopic (exact) mass is 361 g/mol. The molecular formula is C13H17Br2NO. The van der Waals surface area contributed by atoms with Crippen molar-refractivity contribution in [3.05, 3.63) is 35.9 Å². The van der Waals surface area contributed by atoms with Crippen LogP contribution in [0.4, 0.5) is 0 Å². The molecule has 0 aliphatic rings. The summed E-state index contributed by atoms with van der Waals surface area (Å²) in [6.45, 7) is 4.88. The Kier molecular flexibility index (Phi) is 5.67. The smallest absolute Gasteiger partial charge is 0.251 e. The zero-order chi connectivity index (χ0) is 12.9. The van der Waals surface area contributed by atoms with Crippen LogP contribution in [-0.4, -0.2) is 22.1 Å². The quantitative estimate of drug-likeness (QED) is 0.796. The predicted molar refractivity (Wildman–Crippen MR) is 79.1 cm³/mol. The number of amides is 1. The molecule has 0 bridgehead atoms. The van der Waals surface area contributed by atoms with Crippen LogP contribution in [0.25, 0.3) is 0 Å². The molecule has 0 fully saturated rings. The van der Waals surface area contributed by atoms with Gasteiger partial charge in [-0.3, -0.25) is 4.79 Å². The second kappa shape index (κ2) is 6.55. The average Bonchev–Trinajstić information content (AvgIpc) is 2.36. The van der Waals surface area contributed by atoms with Gasteiger partial charge in [-0.2, -0.15) is 0 Å². The maximum Gasteiger partial charge on any atom is 0.251 e. The van der Waals surface area contributed by atoms with E-state index in [4.69, 9.17) is 0 Å². The molecule has 1 N–H and O–H groups in total. The summed E-state index contributed by atoms with van der Waals surface area (Å²) in [5, 5.41) is 3.80. The van der Waals surface area contributed by atoms with Crippen LogP contribution in [0.2, 0.25) is 0 Å². The zero-order valence-corrected chi connectivity index (χ0v) is 13.2. The lowest BCUT2D eigenvalue weighted by Crippen LogP contribution is -2.38. The molecule has 0 saturated heterocycles. The van der Waals surface area contributed by atoms with Crippen LogP contribution < -0.4 is 5.32 Å². The summed E-state index contributed by atoms with van der Waals surface area (Å²) in [7, 11) is 0. The first-order valence-corrected chi connectivity index (χ1v) is 7.47. The third-order valence-corrected chi connectivity index (χ3v) is 5.87. The van der Waals surface area contributed by atoms with Crippen LogP contribution >= 0.6 is 31.9 Å². The van der Waals surface area contributed by atoms with Gasteiger partial charge in [0.05, 0.1) is 0 Å². The number of benzene rings is 1. The summed E-state index contributed by atoms with van der Waals surface area (Å²) in [4.78, 5) is 11.8. The molecule has 1 aromatic rings. The van der Waals surface area contributed by atoms with Crippen molar-refractivity contribution in [2.75, 3.05) is 11.9 Å². The SMILES string of the molecule is C[C@H](CNC(=O)c1ccccc1)[C@](C)(Br)CBr. The lowest BCUT2D eigenvalue weighted by atomic mass is 9.98. The van der Waals surface area contributed by atoms with E-state index in [9.17, 15) is 4.79 Å². The molecule has 2 nitrogen and oxygen atoms in total. The molecule has 0 unspecified atom stereocenters. The molecule has 17 heavy (non-hydrogen) atoms. The van der Waals surface area contributed by atoms with Gasteiger partial charge in [0.15, 0.2) is 0 Å². The van der Waals surface area contributed by atoms with Crippen molar-refractivity contribution < 1.29 is 4.79 Å². The Balaban J connectivity index is 2.50. The maximum absolute atomic E-state index is 11.8. The highest BCUT2D eigenvalue weighted by Gasteiger charge is 2.26. The molecule has 0 aliphatic carbocycles.